The van der Waals surface area contributed by atoms with E-state index < -0.39 is 0 Å². The van der Waals surface area contributed by atoms with Gasteiger partial charge in [0.2, 0.25) is 0 Å². The molecule has 0 radical (unpaired) electrons. The Morgan fingerprint density at radius 3 is 2.85 bits per heavy atom. The summed E-state index contributed by atoms with van der Waals surface area (Å²) in [6.07, 6.45) is 4.07. The van der Waals surface area contributed by atoms with Gasteiger partial charge in [-0.1, -0.05) is 49.7 Å². The number of aromatic nitrogens is 1. The lowest BCUT2D eigenvalue weighted by molar-refractivity contribution is 0.265. The topological polar surface area (TPSA) is 24.9 Å². The molecule has 1 aliphatic rings. The maximum absolute atomic E-state index is 5.98. The Labute approximate surface area is 125 Å². The fourth-order valence-electron chi connectivity index (χ4n) is 3.00. The second-order valence-corrected chi connectivity index (χ2v) is 6.52. The summed E-state index contributed by atoms with van der Waals surface area (Å²) < 4.78 is 0. The minimum Gasteiger partial charge on any atom is -0.378 e. The van der Waals surface area contributed by atoms with Crippen molar-refractivity contribution in [3.63, 3.8) is 0 Å². The molecule has 0 saturated carbocycles. The molecule has 3 rings (SSSR count). The zero-order chi connectivity index (χ0) is 14.2. The van der Waals surface area contributed by atoms with E-state index in [9.17, 15) is 0 Å². The monoisotopic (exact) mass is 286 g/mol. The number of nitrogens with one attached hydrogen (secondary N) is 1. The molecule has 1 aliphatic carbocycles. The number of hydrogen-bond acceptors (Lipinski definition) is 2. The van der Waals surface area contributed by atoms with E-state index in [2.05, 4.69) is 48.4 Å². The minimum atomic E-state index is 0.212. The van der Waals surface area contributed by atoms with Crippen LogP contribution in [0.2, 0.25) is 5.15 Å². The molecule has 1 unspecified atom stereocenters. The van der Waals surface area contributed by atoms with E-state index in [1.165, 1.54) is 17.5 Å². The first-order valence-corrected chi connectivity index (χ1v) is 7.40. The van der Waals surface area contributed by atoms with Crippen LogP contribution in [0.15, 0.2) is 42.6 Å². The van der Waals surface area contributed by atoms with Crippen LogP contribution in [0, 0.1) is 5.41 Å². The first kappa shape index (κ1) is 13.4. The first-order valence-electron chi connectivity index (χ1n) is 7.02. The largest absolute Gasteiger partial charge is 0.378 e. The molecule has 0 amide bonds. The predicted octanol–water partition coefficient (Wildman–Crippen LogP) is 4.86. The van der Waals surface area contributed by atoms with Gasteiger partial charge in [-0.2, -0.15) is 0 Å². The fourth-order valence-corrected chi connectivity index (χ4v) is 3.17. The Bertz CT molecular complexity index is 622. The molecule has 0 saturated heterocycles. The van der Waals surface area contributed by atoms with Gasteiger partial charge < -0.3 is 5.32 Å². The third-order valence-electron chi connectivity index (χ3n) is 4.22. The van der Waals surface area contributed by atoms with Gasteiger partial charge in [-0.25, -0.2) is 4.98 Å². The molecule has 0 bridgehead atoms. The van der Waals surface area contributed by atoms with Crippen LogP contribution in [0.25, 0.3) is 0 Å². The Morgan fingerprint density at radius 2 is 2.05 bits per heavy atom. The van der Waals surface area contributed by atoms with E-state index in [1.54, 1.807) is 6.20 Å². The molecular weight excluding hydrogens is 268 g/mol. The number of hydrogen-bond donors (Lipinski definition) is 1. The van der Waals surface area contributed by atoms with Crippen molar-refractivity contribution in [1.29, 1.82) is 0 Å². The number of nitrogens with zero attached hydrogens (tertiary/aromatic N) is 1. The Hall–Kier alpha value is -1.54. The molecule has 3 heteroatoms. The molecule has 0 aliphatic heterocycles. The zero-order valence-electron chi connectivity index (χ0n) is 11.9. The van der Waals surface area contributed by atoms with E-state index in [1.807, 2.05) is 12.1 Å². The van der Waals surface area contributed by atoms with Crippen molar-refractivity contribution in [2.24, 2.45) is 5.41 Å². The van der Waals surface area contributed by atoms with Crippen LogP contribution in [0.3, 0.4) is 0 Å². The lowest BCUT2D eigenvalue weighted by Crippen LogP contribution is -2.33. The molecule has 2 aromatic rings. The van der Waals surface area contributed by atoms with Crippen LogP contribution < -0.4 is 5.32 Å². The van der Waals surface area contributed by atoms with Crippen LogP contribution in [0.5, 0.6) is 0 Å². The van der Waals surface area contributed by atoms with Crippen molar-refractivity contribution in [3.8, 4) is 0 Å². The van der Waals surface area contributed by atoms with Gasteiger partial charge in [0.15, 0.2) is 0 Å². The molecule has 1 heterocycles. The Balaban J connectivity index is 1.97. The zero-order valence-corrected chi connectivity index (χ0v) is 12.6. The average Bonchev–Trinajstić information content (AvgIpc) is 2.42. The van der Waals surface area contributed by atoms with Gasteiger partial charge in [-0.05, 0) is 41.5 Å². The van der Waals surface area contributed by atoms with Crippen molar-refractivity contribution in [1.82, 2.24) is 4.98 Å². The van der Waals surface area contributed by atoms with Gasteiger partial charge in [0.1, 0.15) is 5.15 Å². The molecule has 1 aromatic carbocycles. The smallest absolute Gasteiger partial charge is 0.131 e. The van der Waals surface area contributed by atoms with E-state index in [4.69, 9.17) is 11.6 Å². The van der Waals surface area contributed by atoms with Crippen molar-refractivity contribution in [2.75, 3.05) is 5.32 Å². The average molecular weight is 287 g/mol. The van der Waals surface area contributed by atoms with E-state index >= 15 is 0 Å². The highest BCUT2D eigenvalue weighted by molar-refractivity contribution is 6.29. The maximum atomic E-state index is 5.98. The van der Waals surface area contributed by atoms with Crippen LogP contribution in [0.1, 0.15) is 37.4 Å². The lowest BCUT2D eigenvalue weighted by Gasteiger charge is -2.41. The van der Waals surface area contributed by atoms with E-state index in [-0.39, 0.29) is 5.41 Å². The number of fused-ring (bicyclic) bond motifs is 1. The third kappa shape index (κ3) is 2.53. The first-order chi connectivity index (χ1) is 9.56. The fraction of sp³-hybridized carbons (Fsp3) is 0.353. The predicted molar refractivity (Wildman–Crippen MR) is 84.2 cm³/mol. The Kier molecular flexibility index (Phi) is 3.43. The van der Waals surface area contributed by atoms with Gasteiger partial charge in [0, 0.05) is 11.9 Å². The SMILES string of the molecule is CC1(C)CCc2ccccc2C1Nc1ccnc(Cl)c1. The summed E-state index contributed by atoms with van der Waals surface area (Å²) >= 11 is 5.98. The second-order valence-electron chi connectivity index (χ2n) is 6.13. The number of aryl methyl sites for hydroxylation is 1. The molecule has 1 N–H and O–H groups in total. The summed E-state index contributed by atoms with van der Waals surface area (Å²) in [6, 6.07) is 12.9. The summed E-state index contributed by atoms with van der Waals surface area (Å²) in [4.78, 5) is 4.04. The van der Waals surface area contributed by atoms with Gasteiger partial charge in [0.05, 0.1) is 6.04 Å². The van der Waals surface area contributed by atoms with Gasteiger partial charge in [0.25, 0.3) is 0 Å². The van der Waals surface area contributed by atoms with Gasteiger partial charge in [-0.15, -0.1) is 0 Å². The quantitative estimate of drug-likeness (QED) is 0.798. The standard InChI is InChI=1S/C17H19ClN2/c1-17(2)9-7-12-5-3-4-6-14(12)16(17)20-13-8-10-19-15(18)11-13/h3-6,8,10-11,16H,7,9H2,1-2H3,(H,19,20). The molecular formula is C17H19ClN2. The molecule has 2 nitrogen and oxygen atoms in total. The number of rotatable bonds is 2. The van der Waals surface area contributed by atoms with Crippen LogP contribution >= 0.6 is 11.6 Å². The lowest BCUT2D eigenvalue weighted by atomic mass is 9.70. The van der Waals surface area contributed by atoms with Gasteiger partial charge in [-0.3, -0.25) is 0 Å². The summed E-state index contributed by atoms with van der Waals surface area (Å²) in [5.41, 5.74) is 4.09. The van der Waals surface area contributed by atoms with Crippen molar-refractivity contribution in [3.05, 3.63) is 58.9 Å². The molecule has 104 valence electrons. The number of benzene rings is 1. The molecule has 20 heavy (non-hydrogen) atoms. The normalized spacial score (nSPS) is 20.2. The van der Waals surface area contributed by atoms with Crippen LogP contribution in [-0.4, -0.2) is 4.98 Å². The molecule has 1 atom stereocenters. The van der Waals surface area contributed by atoms with Gasteiger partial charge >= 0.3 is 0 Å². The number of halogens is 1. The summed E-state index contributed by atoms with van der Waals surface area (Å²) in [6.45, 7) is 4.65. The van der Waals surface area contributed by atoms with Crippen molar-refractivity contribution >= 4 is 17.3 Å². The summed E-state index contributed by atoms with van der Waals surface area (Å²) in [7, 11) is 0. The maximum Gasteiger partial charge on any atom is 0.131 e. The van der Waals surface area contributed by atoms with E-state index in [0.717, 1.165) is 12.1 Å². The third-order valence-corrected chi connectivity index (χ3v) is 4.43. The highest BCUT2D eigenvalue weighted by atomic mass is 35.5. The number of anilines is 1. The van der Waals surface area contributed by atoms with Crippen molar-refractivity contribution < 1.29 is 0 Å². The van der Waals surface area contributed by atoms with Crippen molar-refractivity contribution in [2.45, 2.75) is 32.7 Å². The summed E-state index contributed by atoms with van der Waals surface area (Å²) in [5.74, 6) is 0. The molecule has 1 aromatic heterocycles. The Morgan fingerprint density at radius 1 is 1.25 bits per heavy atom. The number of pyridine rings is 1. The second kappa shape index (κ2) is 5.10. The minimum absolute atomic E-state index is 0.212. The summed E-state index contributed by atoms with van der Waals surface area (Å²) in [5, 5.41) is 4.17. The highest BCUT2D eigenvalue weighted by Crippen LogP contribution is 2.45. The van der Waals surface area contributed by atoms with Crippen LogP contribution in [-0.2, 0) is 6.42 Å². The molecule has 0 spiro atoms. The molecule has 0 fully saturated rings. The van der Waals surface area contributed by atoms with Crippen LogP contribution in [0.4, 0.5) is 5.69 Å². The highest BCUT2D eigenvalue weighted by Gasteiger charge is 2.35. The van der Waals surface area contributed by atoms with E-state index in [0.29, 0.717) is 11.2 Å².